The van der Waals surface area contributed by atoms with Crippen molar-refractivity contribution in [3.05, 3.63) is 59.2 Å². The fourth-order valence-corrected chi connectivity index (χ4v) is 3.56. The van der Waals surface area contributed by atoms with Gasteiger partial charge in [-0.05, 0) is 50.6 Å². The first kappa shape index (κ1) is 19.3. The van der Waals surface area contributed by atoms with Crippen molar-refractivity contribution >= 4 is 10.0 Å². The molecule has 0 saturated carbocycles. The number of ether oxygens (including phenoxy) is 1. The van der Waals surface area contributed by atoms with Crippen LogP contribution in [0.4, 0.5) is 8.78 Å². The number of nitrogens with zero attached hydrogens (tertiary/aromatic N) is 1. The number of hydrogen-bond donors (Lipinski definition) is 0. The molecule has 0 unspecified atom stereocenters. The van der Waals surface area contributed by atoms with E-state index in [2.05, 4.69) is 0 Å². The zero-order chi connectivity index (χ0) is 18.8. The van der Waals surface area contributed by atoms with Crippen molar-refractivity contribution in [3.63, 3.8) is 0 Å². The third kappa shape index (κ3) is 4.55. The predicted molar refractivity (Wildman–Crippen MR) is 92.0 cm³/mol. The van der Waals surface area contributed by atoms with Gasteiger partial charge in [-0.15, -0.1) is 0 Å². The van der Waals surface area contributed by atoms with Crippen LogP contribution in [-0.2, 0) is 16.6 Å². The maximum atomic E-state index is 13.8. The van der Waals surface area contributed by atoms with Gasteiger partial charge in [0.1, 0.15) is 17.4 Å². The van der Waals surface area contributed by atoms with E-state index in [4.69, 9.17) is 4.74 Å². The largest absolute Gasteiger partial charge is 0.491 e. The minimum Gasteiger partial charge on any atom is -0.491 e. The van der Waals surface area contributed by atoms with Crippen LogP contribution in [-0.4, -0.2) is 25.9 Å². The van der Waals surface area contributed by atoms with Crippen LogP contribution >= 0.6 is 0 Å². The van der Waals surface area contributed by atoms with E-state index in [1.165, 1.54) is 25.2 Å². The summed E-state index contributed by atoms with van der Waals surface area (Å²) < 4.78 is 58.7. The Bertz CT molecular complexity index is 867. The Hall–Kier alpha value is -1.99. The Morgan fingerprint density at radius 1 is 1.12 bits per heavy atom. The fraction of sp³-hybridized carbons (Fsp3) is 0.333. The molecule has 2 aromatic carbocycles. The molecule has 4 nitrogen and oxygen atoms in total. The fourth-order valence-electron chi connectivity index (χ4n) is 2.32. The summed E-state index contributed by atoms with van der Waals surface area (Å²) in [6, 6.07) is 7.65. The van der Waals surface area contributed by atoms with E-state index in [9.17, 15) is 17.2 Å². The minimum atomic E-state index is -3.81. The third-order valence-electron chi connectivity index (χ3n) is 3.63. The number of benzene rings is 2. The van der Waals surface area contributed by atoms with E-state index in [1.807, 2.05) is 13.8 Å². The standard InChI is InChI=1S/C18H21F2NO3S/c1-12(2)24-18-8-7-16(9-13(18)3)25(22,23)21(4)11-14-5-6-15(19)10-17(14)20/h5-10,12H,11H2,1-4H3. The zero-order valence-electron chi connectivity index (χ0n) is 14.6. The first-order chi connectivity index (χ1) is 11.6. The second-order valence-corrected chi connectivity index (χ2v) is 8.14. The van der Waals surface area contributed by atoms with Crippen molar-refractivity contribution in [2.45, 2.75) is 38.3 Å². The molecule has 0 radical (unpaired) electrons. The van der Waals surface area contributed by atoms with Crippen LogP contribution in [0.5, 0.6) is 5.75 Å². The quantitative estimate of drug-likeness (QED) is 0.776. The van der Waals surface area contributed by atoms with E-state index >= 15 is 0 Å². The van der Waals surface area contributed by atoms with Gasteiger partial charge in [0.2, 0.25) is 10.0 Å². The highest BCUT2D eigenvalue weighted by molar-refractivity contribution is 7.89. The summed E-state index contributed by atoms with van der Waals surface area (Å²) in [5, 5.41) is 0. The van der Waals surface area contributed by atoms with Crippen molar-refractivity contribution in [2.75, 3.05) is 7.05 Å². The Labute approximate surface area is 147 Å². The van der Waals surface area contributed by atoms with E-state index in [0.29, 0.717) is 11.3 Å². The minimum absolute atomic E-state index is 0.0229. The highest BCUT2D eigenvalue weighted by Gasteiger charge is 2.23. The summed E-state index contributed by atoms with van der Waals surface area (Å²) in [5.74, 6) is -0.872. The highest BCUT2D eigenvalue weighted by Crippen LogP contribution is 2.25. The Morgan fingerprint density at radius 2 is 1.80 bits per heavy atom. The summed E-state index contributed by atoms with van der Waals surface area (Å²) in [6.45, 7) is 5.33. The second-order valence-electron chi connectivity index (χ2n) is 6.09. The number of halogens is 2. The van der Waals surface area contributed by atoms with Crippen molar-refractivity contribution in [3.8, 4) is 5.75 Å². The van der Waals surface area contributed by atoms with Gasteiger partial charge in [0, 0.05) is 25.2 Å². The second kappa shape index (κ2) is 7.49. The summed E-state index contributed by atoms with van der Waals surface area (Å²) in [5.41, 5.74) is 0.792. The molecule has 0 aliphatic rings. The molecule has 0 amide bonds. The molecule has 0 spiro atoms. The summed E-state index contributed by atoms with van der Waals surface area (Å²) in [6.07, 6.45) is -0.0229. The monoisotopic (exact) mass is 369 g/mol. The van der Waals surface area contributed by atoms with Gasteiger partial charge in [-0.25, -0.2) is 17.2 Å². The molecule has 0 N–H and O–H groups in total. The SMILES string of the molecule is Cc1cc(S(=O)(=O)N(C)Cc2ccc(F)cc2F)ccc1OC(C)C. The van der Waals surface area contributed by atoms with Gasteiger partial charge in [-0.3, -0.25) is 0 Å². The number of aryl methyl sites for hydroxylation is 1. The molecule has 2 aromatic rings. The smallest absolute Gasteiger partial charge is 0.243 e. The maximum Gasteiger partial charge on any atom is 0.243 e. The van der Waals surface area contributed by atoms with Gasteiger partial charge in [0.05, 0.1) is 11.0 Å². The first-order valence-electron chi connectivity index (χ1n) is 7.79. The molecule has 0 fully saturated rings. The number of hydrogen-bond acceptors (Lipinski definition) is 3. The van der Waals surface area contributed by atoms with E-state index in [-0.39, 0.29) is 23.1 Å². The number of sulfonamides is 1. The van der Waals surface area contributed by atoms with Crippen molar-refractivity contribution < 1.29 is 21.9 Å². The van der Waals surface area contributed by atoms with Crippen LogP contribution in [0.25, 0.3) is 0 Å². The van der Waals surface area contributed by atoms with E-state index < -0.39 is 21.7 Å². The molecule has 25 heavy (non-hydrogen) atoms. The molecule has 0 saturated heterocycles. The lowest BCUT2D eigenvalue weighted by atomic mass is 10.2. The molecule has 0 atom stereocenters. The molecule has 0 aliphatic heterocycles. The van der Waals surface area contributed by atoms with Crippen LogP contribution in [0, 0.1) is 18.6 Å². The van der Waals surface area contributed by atoms with Gasteiger partial charge in [0.15, 0.2) is 0 Å². The first-order valence-corrected chi connectivity index (χ1v) is 9.23. The lowest BCUT2D eigenvalue weighted by Crippen LogP contribution is -2.27. The average Bonchev–Trinajstić information content (AvgIpc) is 2.51. The van der Waals surface area contributed by atoms with E-state index in [0.717, 1.165) is 16.4 Å². The number of rotatable bonds is 6. The van der Waals surface area contributed by atoms with Crippen molar-refractivity contribution in [2.24, 2.45) is 0 Å². The summed E-state index contributed by atoms with van der Waals surface area (Å²) in [7, 11) is -2.46. The third-order valence-corrected chi connectivity index (χ3v) is 5.42. The molecule has 0 aromatic heterocycles. The highest BCUT2D eigenvalue weighted by atomic mass is 32.2. The molecular formula is C18H21F2NO3S. The van der Waals surface area contributed by atoms with Crippen LogP contribution in [0.1, 0.15) is 25.0 Å². The van der Waals surface area contributed by atoms with Crippen LogP contribution in [0.15, 0.2) is 41.3 Å². The Balaban J connectivity index is 2.26. The van der Waals surface area contributed by atoms with Gasteiger partial charge < -0.3 is 4.74 Å². The molecule has 2 rings (SSSR count). The topological polar surface area (TPSA) is 46.6 Å². The van der Waals surface area contributed by atoms with Crippen molar-refractivity contribution in [1.82, 2.24) is 4.31 Å². The Kier molecular flexibility index (Phi) is 5.80. The molecular weight excluding hydrogens is 348 g/mol. The maximum absolute atomic E-state index is 13.8. The van der Waals surface area contributed by atoms with Gasteiger partial charge in [-0.2, -0.15) is 4.31 Å². The van der Waals surface area contributed by atoms with E-state index in [1.54, 1.807) is 13.0 Å². The Morgan fingerprint density at radius 3 is 2.36 bits per heavy atom. The summed E-state index contributed by atoms with van der Waals surface area (Å²) in [4.78, 5) is 0.0890. The normalized spacial score (nSPS) is 12.0. The summed E-state index contributed by atoms with van der Waals surface area (Å²) >= 11 is 0. The van der Waals surface area contributed by atoms with Crippen LogP contribution in [0.2, 0.25) is 0 Å². The van der Waals surface area contributed by atoms with Crippen molar-refractivity contribution in [1.29, 1.82) is 0 Å². The molecule has 0 aliphatic carbocycles. The predicted octanol–water partition coefficient (Wildman–Crippen LogP) is 3.88. The molecule has 0 bridgehead atoms. The van der Waals surface area contributed by atoms with Gasteiger partial charge >= 0.3 is 0 Å². The van der Waals surface area contributed by atoms with Crippen LogP contribution in [0.3, 0.4) is 0 Å². The van der Waals surface area contributed by atoms with Crippen LogP contribution < -0.4 is 4.74 Å². The lowest BCUT2D eigenvalue weighted by Gasteiger charge is -2.19. The van der Waals surface area contributed by atoms with Gasteiger partial charge in [0.25, 0.3) is 0 Å². The zero-order valence-corrected chi connectivity index (χ0v) is 15.4. The average molecular weight is 369 g/mol. The molecule has 7 heteroatoms. The van der Waals surface area contributed by atoms with Gasteiger partial charge in [-0.1, -0.05) is 6.07 Å². The molecule has 0 heterocycles. The molecule has 136 valence electrons. The lowest BCUT2D eigenvalue weighted by molar-refractivity contribution is 0.240.